The fourth-order valence-corrected chi connectivity index (χ4v) is 3.27. The predicted octanol–water partition coefficient (Wildman–Crippen LogP) is 1.90. The summed E-state index contributed by atoms with van der Waals surface area (Å²) in [6.07, 6.45) is 1.01. The van der Waals surface area contributed by atoms with Gasteiger partial charge in [0.1, 0.15) is 5.82 Å². The number of amides is 1. The quantitative estimate of drug-likeness (QED) is 0.798. The molecule has 0 saturated carbocycles. The molecule has 0 spiro atoms. The summed E-state index contributed by atoms with van der Waals surface area (Å²) in [6, 6.07) is 2.74. The van der Waals surface area contributed by atoms with Crippen LogP contribution in [0.4, 0.5) is 15.8 Å². The molecule has 0 bridgehead atoms. The maximum absolute atomic E-state index is 14.1. The van der Waals surface area contributed by atoms with Gasteiger partial charge in [0, 0.05) is 18.8 Å². The third-order valence-corrected chi connectivity index (χ3v) is 4.40. The van der Waals surface area contributed by atoms with Crippen molar-refractivity contribution in [1.29, 1.82) is 0 Å². The average molecular weight is 280 g/mol. The highest BCUT2D eigenvalue weighted by Gasteiger charge is 2.30. The first-order valence-electron chi connectivity index (χ1n) is 6.19. The van der Waals surface area contributed by atoms with E-state index in [-0.39, 0.29) is 5.56 Å². The summed E-state index contributed by atoms with van der Waals surface area (Å²) in [7, 11) is 0. The van der Waals surface area contributed by atoms with Gasteiger partial charge in [0.2, 0.25) is 0 Å². The van der Waals surface area contributed by atoms with E-state index in [9.17, 15) is 14.0 Å². The third-order valence-electron chi connectivity index (χ3n) is 3.35. The lowest BCUT2D eigenvalue weighted by atomic mass is 10.1. The lowest BCUT2D eigenvalue weighted by molar-refractivity contribution is -0.112. The molecule has 1 saturated heterocycles. The maximum atomic E-state index is 14.1. The Kier molecular flexibility index (Phi) is 3.18. The number of halogens is 1. The van der Waals surface area contributed by atoms with E-state index >= 15 is 0 Å². The lowest BCUT2D eigenvalue weighted by Crippen LogP contribution is -2.26. The molecule has 3 rings (SSSR count). The number of anilines is 2. The molecule has 2 aliphatic rings. The summed E-state index contributed by atoms with van der Waals surface area (Å²) in [5.41, 5.74) is 1.02. The van der Waals surface area contributed by atoms with Crippen molar-refractivity contribution in [2.45, 2.75) is 6.42 Å². The molecule has 0 atom stereocenters. The van der Waals surface area contributed by atoms with Crippen molar-refractivity contribution in [3.05, 3.63) is 23.5 Å². The monoisotopic (exact) mass is 280 g/mol. The summed E-state index contributed by atoms with van der Waals surface area (Å²) in [5, 5.41) is 2.48. The van der Waals surface area contributed by atoms with Crippen molar-refractivity contribution in [1.82, 2.24) is 0 Å². The Morgan fingerprint density at radius 3 is 2.89 bits per heavy atom. The number of benzene rings is 1. The number of nitrogens with zero attached hydrogens (tertiary/aromatic N) is 1. The average Bonchev–Trinajstić information content (AvgIpc) is 2.63. The van der Waals surface area contributed by atoms with Gasteiger partial charge in [0.15, 0.2) is 0 Å². The van der Waals surface area contributed by atoms with Crippen LogP contribution >= 0.6 is 11.8 Å². The van der Waals surface area contributed by atoms with E-state index in [1.165, 1.54) is 6.07 Å². The second-order valence-corrected chi connectivity index (χ2v) is 5.81. The molecule has 0 aromatic heterocycles. The van der Waals surface area contributed by atoms with E-state index in [1.54, 1.807) is 6.07 Å². The SMILES string of the molecule is O=C1Nc2cc(N3CCCSCC3)c(F)cc2C1=O. The van der Waals surface area contributed by atoms with Crippen molar-refractivity contribution in [2.75, 3.05) is 34.8 Å². The van der Waals surface area contributed by atoms with Gasteiger partial charge in [-0.25, -0.2) is 4.39 Å². The molecule has 1 aromatic carbocycles. The number of rotatable bonds is 1. The molecule has 0 radical (unpaired) electrons. The molecule has 6 heteroatoms. The van der Waals surface area contributed by atoms with Crippen LogP contribution in [0.2, 0.25) is 0 Å². The minimum Gasteiger partial charge on any atom is -0.368 e. The smallest absolute Gasteiger partial charge is 0.296 e. The second-order valence-electron chi connectivity index (χ2n) is 4.59. The number of nitrogens with one attached hydrogen (secondary N) is 1. The van der Waals surface area contributed by atoms with E-state index in [0.29, 0.717) is 11.4 Å². The van der Waals surface area contributed by atoms with Crippen LogP contribution < -0.4 is 10.2 Å². The summed E-state index contributed by atoms with van der Waals surface area (Å²) < 4.78 is 14.1. The fourth-order valence-electron chi connectivity index (χ4n) is 2.38. The van der Waals surface area contributed by atoms with Crippen molar-refractivity contribution in [2.24, 2.45) is 0 Å². The van der Waals surface area contributed by atoms with Gasteiger partial charge in [0.05, 0.1) is 16.9 Å². The molecule has 1 aromatic rings. The van der Waals surface area contributed by atoms with E-state index in [4.69, 9.17) is 0 Å². The van der Waals surface area contributed by atoms with Gasteiger partial charge < -0.3 is 10.2 Å². The molecule has 19 heavy (non-hydrogen) atoms. The number of fused-ring (bicyclic) bond motifs is 1. The standard InChI is InChI=1S/C13H13FN2O2S/c14-9-6-8-10(15-13(18)12(8)17)7-11(9)16-2-1-4-19-5-3-16/h6-7H,1-5H2,(H,15,17,18). The number of hydrogen-bond acceptors (Lipinski definition) is 4. The van der Waals surface area contributed by atoms with Gasteiger partial charge in [-0.15, -0.1) is 0 Å². The van der Waals surface area contributed by atoms with Crippen LogP contribution in [0.1, 0.15) is 16.8 Å². The predicted molar refractivity (Wildman–Crippen MR) is 73.5 cm³/mol. The number of hydrogen-bond donors (Lipinski definition) is 1. The van der Waals surface area contributed by atoms with Crippen LogP contribution in [0.3, 0.4) is 0 Å². The Labute approximate surface area is 114 Å². The minimum absolute atomic E-state index is 0.135. The Morgan fingerprint density at radius 1 is 1.21 bits per heavy atom. The molecular formula is C13H13FN2O2S. The molecule has 2 heterocycles. The van der Waals surface area contributed by atoms with Gasteiger partial charge in [-0.05, 0) is 24.3 Å². The van der Waals surface area contributed by atoms with Crippen LogP contribution in [0.15, 0.2) is 12.1 Å². The summed E-state index contributed by atoms with van der Waals surface area (Å²) in [6.45, 7) is 1.58. The van der Waals surface area contributed by atoms with Crippen molar-refractivity contribution in [3.63, 3.8) is 0 Å². The zero-order chi connectivity index (χ0) is 13.4. The summed E-state index contributed by atoms with van der Waals surface area (Å²) in [4.78, 5) is 24.8. The van der Waals surface area contributed by atoms with Crippen LogP contribution in [-0.2, 0) is 4.79 Å². The van der Waals surface area contributed by atoms with E-state index in [0.717, 1.165) is 31.0 Å². The van der Waals surface area contributed by atoms with Crippen LogP contribution in [0.5, 0.6) is 0 Å². The topological polar surface area (TPSA) is 49.4 Å². The first-order chi connectivity index (χ1) is 9.16. The number of Topliss-reactive ketones (excluding diaryl/α,β-unsaturated/α-hetero) is 1. The van der Waals surface area contributed by atoms with E-state index in [1.807, 2.05) is 16.7 Å². The van der Waals surface area contributed by atoms with E-state index < -0.39 is 17.5 Å². The second kappa shape index (κ2) is 4.85. The Morgan fingerprint density at radius 2 is 2.05 bits per heavy atom. The zero-order valence-corrected chi connectivity index (χ0v) is 11.1. The summed E-state index contributed by atoms with van der Waals surface area (Å²) in [5.74, 6) is 0.264. The normalized spacial score (nSPS) is 19.1. The number of thioether (sulfide) groups is 1. The van der Waals surface area contributed by atoms with Crippen LogP contribution in [0, 0.1) is 5.82 Å². The largest absolute Gasteiger partial charge is 0.368 e. The first-order valence-corrected chi connectivity index (χ1v) is 7.34. The highest BCUT2D eigenvalue weighted by Crippen LogP contribution is 2.32. The van der Waals surface area contributed by atoms with Gasteiger partial charge >= 0.3 is 0 Å². The molecule has 2 aliphatic heterocycles. The van der Waals surface area contributed by atoms with Crippen LogP contribution in [-0.4, -0.2) is 36.3 Å². The molecule has 4 nitrogen and oxygen atoms in total. The van der Waals surface area contributed by atoms with E-state index in [2.05, 4.69) is 5.32 Å². The Hall–Kier alpha value is -1.56. The minimum atomic E-state index is -0.682. The molecule has 1 fully saturated rings. The highest BCUT2D eigenvalue weighted by molar-refractivity contribution is 7.99. The number of carbonyl (C=O) groups excluding carboxylic acids is 2. The van der Waals surface area contributed by atoms with Crippen LogP contribution in [0.25, 0.3) is 0 Å². The van der Waals surface area contributed by atoms with Crippen molar-refractivity contribution in [3.8, 4) is 0 Å². The third kappa shape index (κ3) is 2.20. The van der Waals surface area contributed by atoms with Gasteiger partial charge in [-0.3, -0.25) is 9.59 Å². The van der Waals surface area contributed by atoms with Gasteiger partial charge in [-0.1, -0.05) is 0 Å². The Balaban J connectivity index is 1.97. The van der Waals surface area contributed by atoms with Crippen molar-refractivity contribution >= 4 is 34.8 Å². The number of carbonyl (C=O) groups is 2. The molecule has 0 unspecified atom stereocenters. The molecule has 100 valence electrons. The van der Waals surface area contributed by atoms with Crippen molar-refractivity contribution < 1.29 is 14.0 Å². The summed E-state index contributed by atoms with van der Waals surface area (Å²) >= 11 is 1.86. The zero-order valence-electron chi connectivity index (χ0n) is 10.2. The Bertz CT molecular complexity index is 554. The molecular weight excluding hydrogens is 267 g/mol. The molecule has 1 N–H and O–H groups in total. The molecule has 1 amide bonds. The van der Waals surface area contributed by atoms with Gasteiger partial charge in [0.25, 0.3) is 11.7 Å². The maximum Gasteiger partial charge on any atom is 0.296 e. The highest BCUT2D eigenvalue weighted by atomic mass is 32.2. The lowest BCUT2D eigenvalue weighted by Gasteiger charge is -2.23. The first kappa shape index (κ1) is 12.5. The fraction of sp³-hybridized carbons (Fsp3) is 0.385. The molecule has 0 aliphatic carbocycles. The number of ketones is 1. The van der Waals surface area contributed by atoms with Gasteiger partial charge in [-0.2, -0.15) is 11.8 Å².